The Morgan fingerprint density at radius 2 is 1.86 bits per heavy atom. The van der Waals surface area contributed by atoms with Gasteiger partial charge in [0.1, 0.15) is 0 Å². The summed E-state index contributed by atoms with van der Waals surface area (Å²) in [7, 11) is 0. The van der Waals surface area contributed by atoms with Gasteiger partial charge in [-0.25, -0.2) is 5.43 Å². The van der Waals surface area contributed by atoms with Crippen LogP contribution in [0.4, 0.5) is 0 Å². The lowest BCUT2D eigenvalue weighted by atomic mass is 10.1. The highest BCUT2D eigenvalue weighted by molar-refractivity contribution is 5.99. The minimum absolute atomic E-state index is 0.530. The number of carbonyl (C=O) groups excluding carboxylic acids is 1. The van der Waals surface area contributed by atoms with Crippen LogP contribution in [0.5, 0.6) is 0 Å². The van der Waals surface area contributed by atoms with E-state index in [-0.39, 0.29) is 0 Å². The Labute approximate surface area is 127 Å². The van der Waals surface area contributed by atoms with Crippen LogP contribution in [0.3, 0.4) is 0 Å². The summed E-state index contributed by atoms with van der Waals surface area (Å²) in [6.45, 7) is 0. The zero-order valence-corrected chi connectivity index (χ0v) is 11.7. The second kappa shape index (κ2) is 6.24. The molecule has 0 fully saturated rings. The number of nitrogens with zero attached hydrogens (tertiary/aromatic N) is 1. The minimum atomic E-state index is -1.23. The van der Waals surface area contributed by atoms with E-state index in [1.54, 1.807) is 30.5 Å². The number of rotatable bonds is 4. The minimum Gasteiger partial charge on any atom is -0.378 e. The van der Waals surface area contributed by atoms with Gasteiger partial charge in [0.05, 0.1) is 6.21 Å². The number of nitrogens with one attached hydrogen (secondary N) is 2. The fourth-order valence-electron chi connectivity index (χ4n) is 2.21. The Balaban J connectivity index is 1.68. The van der Waals surface area contributed by atoms with Crippen molar-refractivity contribution in [2.24, 2.45) is 5.10 Å². The summed E-state index contributed by atoms with van der Waals surface area (Å²) in [6.07, 6.45) is 2.13. The summed E-state index contributed by atoms with van der Waals surface area (Å²) in [4.78, 5) is 15.0. The summed E-state index contributed by atoms with van der Waals surface area (Å²) >= 11 is 0. The summed E-state index contributed by atoms with van der Waals surface area (Å²) in [6, 6.07) is 16.5. The molecule has 0 radical (unpaired) electrons. The van der Waals surface area contributed by atoms with E-state index in [4.69, 9.17) is 0 Å². The summed E-state index contributed by atoms with van der Waals surface area (Å²) < 4.78 is 0. The van der Waals surface area contributed by atoms with Crippen molar-refractivity contribution in [3.8, 4) is 0 Å². The van der Waals surface area contributed by atoms with Crippen LogP contribution in [0.25, 0.3) is 10.9 Å². The molecule has 5 nitrogen and oxygen atoms in total. The van der Waals surface area contributed by atoms with Gasteiger partial charge in [0.2, 0.25) is 0 Å². The fourth-order valence-corrected chi connectivity index (χ4v) is 2.21. The van der Waals surface area contributed by atoms with Crippen LogP contribution in [-0.4, -0.2) is 22.2 Å². The molecule has 0 saturated carbocycles. The average Bonchev–Trinajstić information content (AvgIpc) is 2.98. The molecule has 0 aliphatic rings. The van der Waals surface area contributed by atoms with E-state index in [1.807, 2.05) is 36.5 Å². The molecule has 22 heavy (non-hydrogen) atoms. The normalized spacial score (nSPS) is 12.6. The van der Waals surface area contributed by atoms with Gasteiger partial charge in [-0.05, 0) is 11.6 Å². The smallest absolute Gasteiger partial charge is 0.273 e. The SMILES string of the molecule is O=C(NN=Cc1c[nH]c2ccccc12)[C@@H](O)c1ccccc1. The number of hydrazone groups is 1. The van der Waals surface area contributed by atoms with Gasteiger partial charge in [0.15, 0.2) is 6.10 Å². The molecule has 0 spiro atoms. The number of hydrogen-bond donors (Lipinski definition) is 3. The lowest BCUT2D eigenvalue weighted by molar-refractivity contribution is -0.129. The number of carbonyl (C=O) groups is 1. The third-order valence-corrected chi connectivity index (χ3v) is 3.36. The van der Waals surface area contributed by atoms with Gasteiger partial charge < -0.3 is 10.1 Å². The number of amides is 1. The topological polar surface area (TPSA) is 77.5 Å². The van der Waals surface area contributed by atoms with Crippen LogP contribution in [0.1, 0.15) is 17.2 Å². The molecule has 110 valence electrons. The van der Waals surface area contributed by atoms with E-state index in [0.717, 1.165) is 16.5 Å². The van der Waals surface area contributed by atoms with Crippen LogP contribution in [0.2, 0.25) is 0 Å². The monoisotopic (exact) mass is 293 g/mol. The molecule has 1 amide bonds. The molecule has 5 heteroatoms. The van der Waals surface area contributed by atoms with Crippen molar-refractivity contribution in [2.45, 2.75) is 6.10 Å². The van der Waals surface area contributed by atoms with Crippen LogP contribution < -0.4 is 5.43 Å². The molecule has 0 aliphatic carbocycles. The largest absolute Gasteiger partial charge is 0.378 e. The number of aromatic amines is 1. The predicted octanol–water partition coefficient (Wildman–Crippen LogP) is 2.35. The van der Waals surface area contributed by atoms with E-state index in [9.17, 15) is 9.90 Å². The van der Waals surface area contributed by atoms with Crippen molar-refractivity contribution in [3.05, 3.63) is 71.9 Å². The maximum atomic E-state index is 11.9. The van der Waals surface area contributed by atoms with Gasteiger partial charge in [-0.1, -0.05) is 48.5 Å². The van der Waals surface area contributed by atoms with Crippen molar-refractivity contribution in [1.82, 2.24) is 10.4 Å². The van der Waals surface area contributed by atoms with Gasteiger partial charge in [-0.3, -0.25) is 4.79 Å². The summed E-state index contributed by atoms with van der Waals surface area (Å²) in [5, 5.41) is 14.8. The summed E-state index contributed by atoms with van der Waals surface area (Å²) in [5.41, 5.74) is 4.75. The van der Waals surface area contributed by atoms with Gasteiger partial charge >= 0.3 is 0 Å². The third-order valence-electron chi connectivity index (χ3n) is 3.36. The Morgan fingerprint density at radius 1 is 1.14 bits per heavy atom. The van der Waals surface area contributed by atoms with E-state index in [2.05, 4.69) is 15.5 Å². The number of aliphatic hydroxyl groups is 1. The number of aliphatic hydroxyl groups excluding tert-OH is 1. The van der Waals surface area contributed by atoms with E-state index in [1.165, 1.54) is 0 Å². The first-order valence-corrected chi connectivity index (χ1v) is 6.88. The molecule has 0 saturated heterocycles. The lowest BCUT2D eigenvalue weighted by Crippen LogP contribution is -2.25. The quantitative estimate of drug-likeness (QED) is 0.510. The highest BCUT2D eigenvalue weighted by atomic mass is 16.3. The van der Waals surface area contributed by atoms with Crippen LogP contribution in [0.15, 0.2) is 65.9 Å². The maximum Gasteiger partial charge on any atom is 0.273 e. The molecule has 1 atom stereocenters. The van der Waals surface area contributed by atoms with E-state index >= 15 is 0 Å². The zero-order valence-electron chi connectivity index (χ0n) is 11.7. The highest BCUT2D eigenvalue weighted by Crippen LogP contribution is 2.15. The molecule has 1 aromatic heterocycles. The van der Waals surface area contributed by atoms with Gasteiger partial charge in [0.25, 0.3) is 5.91 Å². The van der Waals surface area contributed by atoms with Gasteiger partial charge in [-0.2, -0.15) is 5.10 Å². The zero-order chi connectivity index (χ0) is 15.4. The molecular weight excluding hydrogens is 278 g/mol. The third kappa shape index (κ3) is 2.89. The second-order valence-corrected chi connectivity index (χ2v) is 4.84. The van der Waals surface area contributed by atoms with Crippen LogP contribution >= 0.6 is 0 Å². The van der Waals surface area contributed by atoms with Crippen LogP contribution in [-0.2, 0) is 4.79 Å². The Hall–Kier alpha value is -2.92. The Bertz CT molecular complexity index is 809. The molecule has 0 bridgehead atoms. The van der Waals surface area contributed by atoms with Crippen molar-refractivity contribution in [3.63, 3.8) is 0 Å². The first kappa shape index (κ1) is 14.0. The molecule has 3 aromatic rings. The van der Waals surface area contributed by atoms with Crippen LogP contribution in [0, 0.1) is 0 Å². The standard InChI is InChI=1S/C17H15N3O2/c21-16(12-6-2-1-3-7-12)17(22)20-19-11-13-10-18-15-9-5-4-8-14(13)15/h1-11,16,18,21H,(H,20,22)/t16-/m0/s1. The molecule has 0 unspecified atom stereocenters. The average molecular weight is 293 g/mol. The number of fused-ring (bicyclic) bond motifs is 1. The van der Waals surface area contributed by atoms with Crippen molar-refractivity contribution in [2.75, 3.05) is 0 Å². The fraction of sp³-hybridized carbons (Fsp3) is 0.0588. The highest BCUT2D eigenvalue weighted by Gasteiger charge is 2.15. The van der Waals surface area contributed by atoms with Gasteiger partial charge in [-0.15, -0.1) is 0 Å². The molecule has 0 aliphatic heterocycles. The van der Waals surface area contributed by atoms with Crippen molar-refractivity contribution >= 4 is 23.0 Å². The molecule has 3 N–H and O–H groups in total. The maximum absolute atomic E-state index is 11.9. The molecular formula is C17H15N3O2. The lowest BCUT2D eigenvalue weighted by Gasteiger charge is -2.08. The number of H-pyrrole nitrogens is 1. The van der Waals surface area contributed by atoms with E-state index < -0.39 is 12.0 Å². The number of para-hydroxylation sites is 1. The van der Waals surface area contributed by atoms with Crippen molar-refractivity contribution < 1.29 is 9.90 Å². The molecule has 2 aromatic carbocycles. The molecule has 1 heterocycles. The number of benzene rings is 2. The predicted molar refractivity (Wildman–Crippen MR) is 85.4 cm³/mol. The second-order valence-electron chi connectivity index (χ2n) is 4.84. The van der Waals surface area contributed by atoms with Crippen molar-refractivity contribution in [1.29, 1.82) is 0 Å². The Kier molecular flexibility index (Phi) is 3.98. The van der Waals surface area contributed by atoms with Gasteiger partial charge in [0, 0.05) is 22.7 Å². The first-order chi connectivity index (χ1) is 10.8. The first-order valence-electron chi connectivity index (χ1n) is 6.88. The Morgan fingerprint density at radius 3 is 2.68 bits per heavy atom. The molecule has 3 rings (SSSR count). The summed E-state index contributed by atoms with van der Waals surface area (Å²) in [5.74, 6) is -0.567. The number of aromatic nitrogens is 1. The number of hydrogen-bond acceptors (Lipinski definition) is 3. The van der Waals surface area contributed by atoms with E-state index in [0.29, 0.717) is 5.56 Å².